The van der Waals surface area contributed by atoms with Gasteiger partial charge >= 0.3 is 0 Å². The molecule has 124 valence electrons. The molecule has 0 bridgehead atoms. The molecule has 1 aromatic rings. The van der Waals surface area contributed by atoms with E-state index in [4.69, 9.17) is 9.29 Å². The maximum atomic E-state index is 11.1. The van der Waals surface area contributed by atoms with E-state index in [9.17, 15) is 4.21 Å². The van der Waals surface area contributed by atoms with Crippen LogP contribution in [0.15, 0.2) is 64.8 Å². The molecule has 1 aromatic carbocycles. The lowest BCUT2D eigenvalue weighted by Gasteiger charge is -2.38. The molecule has 24 heavy (non-hydrogen) atoms. The number of hydrogen-bond acceptors (Lipinski definition) is 2. The van der Waals surface area contributed by atoms with Crippen molar-refractivity contribution in [2.75, 3.05) is 13.2 Å². The lowest BCUT2D eigenvalue weighted by Crippen LogP contribution is -2.40. The second-order valence-corrected chi connectivity index (χ2v) is 7.92. The summed E-state index contributed by atoms with van der Waals surface area (Å²) in [5.41, 5.74) is 7.18. The molecule has 1 N–H and O–H groups in total. The van der Waals surface area contributed by atoms with E-state index in [1.807, 2.05) is 18.2 Å². The summed E-state index contributed by atoms with van der Waals surface area (Å²) in [6, 6.07) is 7.14. The monoisotopic (exact) mass is 340 g/mol. The first-order chi connectivity index (χ1) is 11.7. The van der Waals surface area contributed by atoms with Crippen molar-refractivity contribution in [3.63, 3.8) is 0 Å². The fraction of sp³-hybridized carbons (Fsp3) is 0.350. The van der Waals surface area contributed by atoms with Crippen LogP contribution in [-0.2, 0) is 15.8 Å². The lowest BCUT2D eigenvalue weighted by atomic mass is 9.82. The summed E-state index contributed by atoms with van der Waals surface area (Å²) < 4.78 is 25.6. The highest BCUT2D eigenvalue weighted by Gasteiger charge is 2.45. The minimum atomic E-state index is -1.93. The van der Waals surface area contributed by atoms with Gasteiger partial charge in [0.05, 0.1) is 18.1 Å². The molecule has 0 aromatic heterocycles. The number of hydrogen-bond donors (Lipinski definition) is 1. The van der Waals surface area contributed by atoms with E-state index in [0.29, 0.717) is 16.2 Å². The Morgan fingerprint density at radius 3 is 2.58 bits per heavy atom. The molecule has 4 heteroatoms. The van der Waals surface area contributed by atoms with Crippen LogP contribution in [-0.4, -0.2) is 22.0 Å². The molecule has 1 saturated carbocycles. The summed E-state index contributed by atoms with van der Waals surface area (Å²) in [4.78, 5) is 0.419. The molecule has 1 spiro atoms. The molecular weight excluding hydrogens is 320 g/mol. The first-order valence-corrected chi connectivity index (χ1v) is 9.39. The summed E-state index contributed by atoms with van der Waals surface area (Å²) in [7, 11) is 0. The third-order valence-electron chi connectivity index (χ3n) is 5.32. The third-order valence-corrected chi connectivity index (χ3v) is 6.00. The molecule has 0 amide bonds. The molecule has 2 unspecified atom stereocenters. The van der Waals surface area contributed by atoms with Crippen LogP contribution in [0, 0.1) is 11.3 Å². The molecule has 2 aliphatic carbocycles. The van der Waals surface area contributed by atoms with Gasteiger partial charge in [-0.25, -0.2) is 4.21 Å². The van der Waals surface area contributed by atoms with Crippen LogP contribution in [0.5, 0.6) is 0 Å². The zero-order chi connectivity index (χ0) is 16.6. The van der Waals surface area contributed by atoms with E-state index in [1.165, 1.54) is 24.8 Å². The Morgan fingerprint density at radius 1 is 1.17 bits per heavy atom. The second kappa shape index (κ2) is 6.30. The zero-order valence-corrected chi connectivity index (χ0v) is 14.2. The predicted molar refractivity (Wildman–Crippen MR) is 94.8 cm³/mol. The number of rotatable bonds is 3. The zero-order valence-electron chi connectivity index (χ0n) is 13.4. The van der Waals surface area contributed by atoms with Crippen molar-refractivity contribution >= 4 is 16.7 Å². The van der Waals surface area contributed by atoms with Gasteiger partial charge in [-0.05, 0) is 66.2 Å². The highest BCUT2D eigenvalue weighted by molar-refractivity contribution is 7.79. The van der Waals surface area contributed by atoms with Crippen molar-refractivity contribution in [1.82, 2.24) is 0 Å². The van der Waals surface area contributed by atoms with Crippen LogP contribution in [0.2, 0.25) is 0 Å². The van der Waals surface area contributed by atoms with E-state index in [2.05, 4.69) is 24.0 Å². The van der Waals surface area contributed by atoms with Crippen LogP contribution in [0.1, 0.15) is 24.8 Å². The Balaban J connectivity index is 1.54. The number of allylic oxidation sites excluding steroid dienone is 5. The molecule has 2 fully saturated rings. The highest BCUT2D eigenvalue weighted by Crippen LogP contribution is 2.49. The molecule has 1 saturated heterocycles. The normalized spacial score (nSPS) is 25.8. The molecule has 0 radical (unpaired) electrons. The van der Waals surface area contributed by atoms with Crippen LogP contribution < -0.4 is 0 Å². The molecule has 3 aliphatic rings. The average molecular weight is 340 g/mol. The van der Waals surface area contributed by atoms with Gasteiger partial charge in [0.2, 0.25) is 0 Å². The van der Waals surface area contributed by atoms with E-state index in [1.54, 1.807) is 12.1 Å². The number of benzene rings is 1. The SMILES string of the molecule is O=S(O)c1ccc(C2=CC=C(C3CCC4(COC4)C3)C=C=C2)cc1. The van der Waals surface area contributed by atoms with E-state index < -0.39 is 11.1 Å². The molecule has 3 nitrogen and oxygen atoms in total. The molecular formula is C20H20O3S. The first-order valence-electron chi connectivity index (χ1n) is 8.29. The topological polar surface area (TPSA) is 46.5 Å². The van der Waals surface area contributed by atoms with Crippen molar-refractivity contribution in [3.8, 4) is 0 Å². The van der Waals surface area contributed by atoms with E-state index in [0.717, 1.165) is 24.4 Å². The Hall–Kier alpha value is -1.71. The molecule has 4 rings (SSSR count). The van der Waals surface area contributed by atoms with Gasteiger partial charge in [-0.1, -0.05) is 24.3 Å². The van der Waals surface area contributed by atoms with Crippen molar-refractivity contribution in [3.05, 3.63) is 65.4 Å². The van der Waals surface area contributed by atoms with Gasteiger partial charge in [-0.2, -0.15) is 0 Å². The maximum absolute atomic E-state index is 11.1. The Labute approximate surface area is 144 Å². The lowest BCUT2D eigenvalue weighted by molar-refractivity contribution is -0.109. The summed E-state index contributed by atoms with van der Waals surface area (Å²) >= 11 is -1.93. The predicted octanol–water partition coefficient (Wildman–Crippen LogP) is 4.12. The van der Waals surface area contributed by atoms with Crippen LogP contribution >= 0.6 is 0 Å². The summed E-state index contributed by atoms with van der Waals surface area (Å²) in [6.07, 6.45) is 12.1. The second-order valence-electron chi connectivity index (χ2n) is 6.95. The van der Waals surface area contributed by atoms with Gasteiger partial charge in [-0.15, -0.1) is 5.73 Å². The van der Waals surface area contributed by atoms with Crippen molar-refractivity contribution in [2.45, 2.75) is 24.2 Å². The minimum Gasteiger partial charge on any atom is -0.380 e. The van der Waals surface area contributed by atoms with Gasteiger partial charge in [-0.3, -0.25) is 0 Å². The summed E-state index contributed by atoms with van der Waals surface area (Å²) in [5.74, 6) is 0.601. The Kier molecular flexibility index (Phi) is 4.15. The highest BCUT2D eigenvalue weighted by atomic mass is 32.2. The minimum absolute atomic E-state index is 0.419. The van der Waals surface area contributed by atoms with Gasteiger partial charge in [0.1, 0.15) is 0 Å². The van der Waals surface area contributed by atoms with Crippen molar-refractivity contribution < 1.29 is 13.5 Å². The quantitative estimate of drug-likeness (QED) is 0.665. The first kappa shape index (κ1) is 15.8. The summed E-state index contributed by atoms with van der Waals surface area (Å²) in [5, 5.41) is 0. The Morgan fingerprint density at radius 2 is 1.96 bits per heavy atom. The van der Waals surface area contributed by atoms with Crippen molar-refractivity contribution in [2.24, 2.45) is 11.3 Å². The third kappa shape index (κ3) is 2.99. The van der Waals surface area contributed by atoms with E-state index in [-0.39, 0.29) is 0 Å². The molecule has 1 heterocycles. The standard InChI is InChI=1S/C20H20O3S/c21-24(22)19-8-6-17(7-9-19)15-2-1-3-16(5-4-15)18-10-11-20(12-18)13-23-14-20/h2-9,18H,10-14H2,(H,21,22). The average Bonchev–Trinajstić information content (AvgIpc) is 2.88. The fourth-order valence-corrected chi connectivity index (χ4v) is 4.22. The largest absolute Gasteiger partial charge is 0.380 e. The molecule has 1 aliphatic heterocycles. The van der Waals surface area contributed by atoms with Gasteiger partial charge < -0.3 is 9.29 Å². The van der Waals surface area contributed by atoms with Crippen LogP contribution in [0.25, 0.3) is 5.57 Å². The smallest absolute Gasteiger partial charge is 0.186 e. The van der Waals surface area contributed by atoms with E-state index >= 15 is 0 Å². The van der Waals surface area contributed by atoms with Gasteiger partial charge in [0, 0.05) is 5.41 Å². The summed E-state index contributed by atoms with van der Waals surface area (Å²) in [6.45, 7) is 1.85. The van der Waals surface area contributed by atoms with Gasteiger partial charge in [0.15, 0.2) is 11.1 Å². The van der Waals surface area contributed by atoms with Crippen molar-refractivity contribution in [1.29, 1.82) is 0 Å². The van der Waals surface area contributed by atoms with Gasteiger partial charge in [0.25, 0.3) is 0 Å². The maximum Gasteiger partial charge on any atom is 0.186 e. The Bertz CT molecular complexity index is 791. The van der Waals surface area contributed by atoms with Crippen LogP contribution in [0.3, 0.4) is 0 Å². The number of ether oxygens (including phenoxy) is 1. The molecule has 2 atom stereocenters. The fourth-order valence-electron chi connectivity index (χ4n) is 3.85. The van der Waals surface area contributed by atoms with Crippen LogP contribution in [0.4, 0.5) is 0 Å².